The molecule has 2 aliphatic heterocycles. The van der Waals surface area contributed by atoms with Crippen molar-refractivity contribution < 1.29 is 19.1 Å². The maximum Gasteiger partial charge on any atom is 0.410 e. The standard InChI is InChI=1S/C31H31N7O4S/c1-19-23-13-22(8-9-24(23)34-18-33-19)26-25(21-7-5-6-20(12-21)14-32)35-27(43-26)36-28(39)38-16-31(17-38)15-37(10-11-41-31)29(40)42-30(2,3)4/h5-9,12-13,18H,10-11,15-17H2,1-4H3,(H,35,36,39). The van der Waals surface area contributed by atoms with E-state index >= 15 is 0 Å². The van der Waals surface area contributed by atoms with Crippen molar-refractivity contribution in [3.63, 3.8) is 0 Å². The minimum absolute atomic E-state index is 0.302. The average molecular weight is 598 g/mol. The third-order valence-corrected chi connectivity index (χ3v) is 8.37. The first-order chi connectivity index (χ1) is 20.5. The number of carbonyl (C=O) groups excluding carboxylic acids is 2. The van der Waals surface area contributed by atoms with Gasteiger partial charge in [0, 0.05) is 23.2 Å². The van der Waals surface area contributed by atoms with E-state index in [1.807, 2.05) is 58.0 Å². The van der Waals surface area contributed by atoms with Gasteiger partial charge in [0.25, 0.3) is 0 Å². The van der Waals surface area contributed by atoms with Crippen LogP contribution in [0.25, 0.3) is 32.6 Å². The van der Waals surface area contributed by atoms with E-state index in [2.05, 4.69) is 21.4 Å². The van der Waals surface area contributed by atoms with E-state index in [1.165, 1.54) is 11.3 Å². The number of ether oxygens (including phenoxy) is 2. The van der Waals surface area contributed by atoms with Crippen LogP contribution in [0.2, 0.25) is 0 Å². The summed E-state index contributed by atoms with van der Waals surface area (Å²) in [5.74, 6) is 0. The van der Waals surface area contributed by atoms with Gasteiger partial charge in [0.2, 0.25) is 0 Å². The molecule has 0 saturated carbocycles. The molecule has 0 radical (unpaired) electrons. The van der Waals surface area contributed by atoms with Crippen LogP contribution >= 0.6 is 11.3 Å². The smallest absolute Gasteiger partial charge is 0.410 e. The third kappa shape index (κ3) is 5.86. The summed E-state index contributed by atoms with van der Waals surface area (Å²) in [4.78, 5) is 43.6. The molecule has 6 rings (SSSR count). The van der Waals surface area contributed by atoms with Gasteiger partial charge in [-0.1, -0.05) is 29.5 Å². The van der Waals surface area contributed by atoms with Crippen molar-refractivity contribution in [3.8, 4) is 27.8 Å². The molecule has 2 saturated heterocycles. The van der Waals surface area contributed by atoms with E-state index in [-0.39, 0.29) is 12.1 Å². The quantitative estimate of drug-likeness (QED) is 0.329. The number of amides is 3. The molecule has 2 aliphatic rings. The van der Waals surface area contributed by atoms with Crippen LogP contribution in [-0.2, 0) is 9.47 Å². The number of morpholine rings is 1. The molecule has 43 heavy (non-hydrogen) atoms. The lowest BCUT2D eigenvalue weighted by molar-refractivity contribution is -0.166. The largest absolute Gasteiger partial charge is 0.444 e. The number of aromatic nitrogens is 3. The van der Waals surface area contributed by atoms with E-state index in [4.69, 9.17) is 14.5 Å². The first-order valence-electron chi connectivity index (χ1n) is 13.9. The number of nitrogens with one attached hydrogen (secondary N) is 1. The highest BCUT2D eigenvalue weighted by molar-refractivity contribution is 7.19. The van der Waals surface area contributed by atoms with Gasteiger partial charge in [-0.15, -0.1) is 0 Å². The Bertz CT molecular complexity index is 1770. The summed E-state index contributed by atoms with van der Waals surface area (Å²) in [7, 11) is 0. The fraction of sp³-hybridized carbons (Fsp3) is 0.355. The van der Waals surface area contributed by atoms with E-state index < -0.39 is 11.2 Å². The zero-order chi connectivity index (χ0) is 30.4. The van der Waals surface area contributed by atoms with E-state index in [1.54, 1.807) is 28.3 Å². The van der Waals surface area contributed by atoms with Crippen LogP contribution in [0, 0.1) is 18.3 Å². The molecule has 3 amide bonds. The first kappa shape index (κ1) is 28.5. The Labute approximate surface area is 253 Å². The number of carbonyl (C=O) groups is 2. The van der Waals surface area contributed by atoms with E-state index in [0.29, 0.717) is 49.2 Å². The number of thiazole rings is 1. The van der Waals surface area contributed by atoms with Gasteiger partial charge in [-0.05, 0) is 57.5 Å². The number of aryl methyl sites for hydroxylation is 1. The minimum atomic E-state index is -0.617. The van der Waals surface area contributed by atoms with Crippen LogP contribution in [0.3, 0.4) is 0 Å². The number of hydrogen-bond acceptors (Lipinski definition) is 9. The van der Waals surface area contributed by atoms with Crippen molar-refractivity contribution in [1.82, 2.24) is 24.8 Å². The van der Waals surface area contributed by atoms with Gasteiger partial charge in [0.1, 0.15) is 17.5 Å². The number of benzene rings is 2. The van der Waals surface area contributed by atoms with Crippen molar-refractivity contribution in [2.45, 2.75) is 38.9 Å². The van der Waals surface area contributed by atoms with Crippen LogP contribution < -0.4 is 5.32 Å². The second-order valence-corrected chi connectivity index (χ2v) is 12.8. The predicted octanol–water partition coefficient (Wildman–Crippen LogP) is 5.45. The van der Waals surface area contributed by atoms with Crippen LogP contribution in [0.5, 0.6) is 0 Å². The number of anilines is 1. The molecule has 0 atom stereocenters. The number of likely N-dealkylation sites (tertiary alicyclic amines) is 1. The monoisotopic (exact) mass is 597 g/mol. The highest BCUT2D eigenvalue weighted by Gasteiger charge is 2.50. The molecule has 1 spiro atoms. The average Bonchev–Trinajstić information content (AvgIpc) is 3.39. The Morgan fingerprint density at radius 3 is 2.65 bits per heavy atom. The summed E-state index contributed by atoms with van der Waals surface area (Å²) in [6.07, 6.45) is 1.17. The Hall–Kier alpha value is -4.60. The molecule has 0 unspecified atom stereocenters. The normalized spacial score (nSPS) is 16.1. The van der Waals surface area contributed by atoms with Gasteiger partial charge >= 0.3 is 12.1 Å². The lowest BCUT2D eigenvalue weighted by Crippen LogP contribution is -2.72. The molecular weight excluding hydrogens is 566 g/mol. The van der Waals surface area contributed by atoms with E-state index in [0.717, 1.165) is 32.6 Å². The highest BCUT2D eigenvalue weighted by atomic mass is 32.1. The molecule has 12 heteroatoms. The summed E-state index contributed by atoms with van der Waals surface area (Å²) < 4.78 is 11.6. The van der Waals surface area contributed by atoms with Gasteiger partial charge < -0.3 is 19.3 Å². The Kier molecular flexibility index (Phi) is 7.23. The summed E-state index contributed by atoms with van der Waals surface area (Å²) in [6.45, 7) is 9.32. The zero-order valence-electron chi connectivity index (χ0n) is 24.4. The summed E-state index contributed by atoms with van der Waals surface area (Å²) >= 11 is 1.36. The van der Waals surface area contributed by atoms with Gasteiger partial charge in [-0.2, -0.15) is 5.26 Å². The number of hydrogen-bond donors (Lipinski definition) is 1. The van der Waals surface area contributed by atoms with Crippen molar-refractivity contribution in [2.24, 2.45) is 0 Å². The first-order valence-corrected chi connectivity index (χ1v) is 14.8. The molecule has 4 aromatic rings. The molecule has 2 fully saturated rings. The molecule has 2 aromatic heterocycles. The molecule has 0 bridgehead atoms. The fourth-order valence-corrected chi connectivity index (χ4v) is 6.28. The lowest BCUT2D eigenvalue weighted by atomic mass is 9.92. The van der Waals surface area contributed by atoms with Crippen molar-refractivity contribution in [3.05, 3.63) is 60.0 Å². The number of rotatable bonds is 3. The van der Waals surface area contributed by atoms with Gasteiger partial charge in [-0.25, -0.2) is 24.5 Å². The lowest BCUT2D eigenvalue weighted by Gasteiger charge is -2.53. The predicted molar refractivity (Wildman–Crippen MR) is 163 cm³/mol. The molecule has 2 aromatic carbocycles. The van der Waals surface area contributed by atoms with Gasteiger partial charge in [0.05, 0.1) is 54.0 Å². The second kappa shape index (κ2) is 10.9. The van der Waals surface area contributed by atoms with Gasteiger partial charge in [0.15, 0.2) is 5.13 Å². The number of urea groups is 1. The molecule has 11 nitrogen and oxygen atoms in total. The molecule has 4 heterocycles. The number of fused-ring (bicyclic) bond motifs is 1. The molecule has 1 N–H and O–H groups in total. The minimum Gasteiger partial charge on any atom is -0.444 e. The van der Waals surface area contributed by atoms with Crippen molar-refractivity contribution in [2.75, 3.05) is 38.1 Å². The van der Waals surface area contributed by atoms with Crippen molar-refractivity contribution >= 4 is 39.5 Å². The third-order valence-electron chi connectivity index (χ3n) is 7.35. The topological polar surface area (TPSA) is 134 Å². The Morgan fingerprint density at radius 2 is 1.88 bits per heavy atom. The second-order valence-electron chi connectivity index (χ2n) is 11.8. The van der Waals surface area contributed by atoms with Crippen LogP contribution in [0.15, 0.2) is 48.8 Å². The zero-order valence-corrected chi connectivity index (χ0v) is 25.2. The Morgan fingerprint density at radius 1 is 1.09 bits per heavy atom. The molecule has 0 aliphatic carbocycles. The summed E-state index contributed by atoms with van der Waals surface area (Å²) in [5, 5.41) is 13.8. The van der Waals surface area contributed by atoms with E-state index in [9.17, 15) is 14.9 Å². The Balaban J connectivity index is 1.23. The van der Waals surface area contributed by atoms with Crippen LogP contribution in [0.1, 0.15) is 32.0 Å². The van der Waals surface area contributed by atoms with Crippen LogP contribution in [0.4, 0.5) is 14.7 Å². The van der Waals surface area contributed by atoms with Gasteiger partial charge in [-0.3, -0.25) is 5.32 Å². The number of nitrogens with zero attached hydrogens (tertiary/aromatic N) is 6. The molecular formula is C31H31N7O4S. The summed E-state index contributed by atoms with van der Waals surface area (Å²) in [6, 6.07) is 15.1. The SMILES string of the molecule is Cc1ncnc2ccc(-c3sc(NC(=O)N4CC5(C4)CN(C(=O)OC(C)(C)C)CCO5)nc3-c3cccc(C#N)c3)cc12. The number of nitriles is 1. The maximum absolute atomic E-state index is 13.3. The summed E-state index contributed by atoms with van der Waals surface area (Å²) in [5.41, 5.74) is 3.35. The van der Waals surface area contributed by atoms with Crippen LogP contribution in [-0.4, -0.2) is 80.9 Å². The van der Waals surface area contributed by atoms with Crippen molar-refractivity contribution in [1.29, 1.82) is 5.26 Å². The highest BCUT2D eigenvalue weighted by Crippen LogP contribution is 2.41. The fourth-order valence-electron chi connectivity index (χ4n) is 5.31. The molecule has 220 valence electrons. The maximum atomic E-state index is 13.3.